The van der Waals surface area contributed by atoms with Crippen molar-refractivity contribution in [1.82, 2.24) is 9.97 Å². The molecule has 1 aromatic heterocycles. The van der Waals surface area contributed by atoms with Gasteiger partial charge in [0, 0.05) is 24.7 Å². The highest BCUT2D eigenvalue weighted by molar-refractivity contribution is 7.91. The van der Waals surface area contributed by atoms with E-state index in [-0.39, 0.29) is 25.0 Å². The number of nitrogens with zero attached hydrogens (tertiary/aromatic N) is 4. The molecule has 0 amide bonds. The largest absolute Gasteiger partial charge is 0.489 e. The highest BCUT2D eigenvalue weighted by atomic mass is 35.5. The first-order chi connectivity index (χ1) is 19.5. The highest BCUT2D eigenvalue weighted by Gasteiger charge is 2.26. The van der Waals surface area contributed by atoms with E-state index in [2.05, 4.69) is 20.8 Å². The van der Waals surface area contributed by atoms with E-state index in [1.165, 1.54) is 0 Å². The lowest BCUT2D eigenvalue weighted by Gasteiger charge is -2.29. The van der Waals surface area contributed by atoms with Crippen molar-refractivity contribution in [3.05, 3.63) is 69.9 Å². The molecule has 10 nitrogen and oxygen atoms in total. The first-order valence-corrected chi connectivity index (χ1v) is 15.6. The van der Waals surface area contributed by atoms with Crippen LogP contribution in [0.5, 0.6) is 11.5 Å². The molecule has 0 bridgehead atoms. The second kappa shape index (κ2) is 13.1. The number of halogens is 2. The summed E-state index contributed by atoms with van der Waals surface area (Å²) in [6.45, 7) is 6.84. The van der Waals surface area contributed by atoms with Crippen LogP contribution >= 0.6 is 23.2 Å². The van der Waals surface area contributed by atoms with Crippen molar-refractivity contribution in [3.63, 3.8) is 0 Å². The fraction of sp³-hybridized carbons (Fsp3) is 0.393. The summed E-state index contributed by atoms with van der Waals surface area (Å²) in [5.41, 5.74) is 2.44. The molecule has 1 N–H and O–H groups in total. The van der Waals surface area contributed by atoms with Gasteiger partial charge < -0.3 is 19.1 Å². The summed E-state index contributed by atoms with van der Waals surface area (Å²) >= 11 is 12.2. The maximum Gasteiger partial charge on any atom is 0.238 e. The van der Waals surface area contributed by atoms with Crippen molar-refractivity contribution in [3.8, 4) is 17.6 Å². The van der Waals surface area contributed by atoms with Gasteiger partial charge in [-0.15, -0.1) is 11.6 Å². The zero-order valence-electron chi connectivity index (χ0n) is 23.0. The van der Waals surface area contributed by atoms with Crippen LogP contribution in [0.4, 0.5) is 11.8 Å². The Morgan fingerprint density at radius 3 is 2.49 bits per heavy atom. The van der Waals surface area contributed by atoms with Crippen LogP contribution in [-0.2, 0) is 26.8 Å². The van der Waals surface area contributed by atoms with Gasteiger partial charge in [0.15, 0.2) is 5.75 Å². The van der Waals surface area contributed by atoms with Gasteiger partial charge in [-0.3, -0.25) is 4.72 Å². The van der Waals surface area contributed by atoms with Gasteiger partial charge in [0.2, 0.25) is 16.0 Å². The standard InChI is InChI=1S/C28H31Cl2N5O5S/c1-28(2,22-14-19(16-31)25(24(30)15-22)39-11-8-29)21-4-6-23(7-5-21)40-18-20-17-32-27(34-41(3,36)37)33-26(20)35-9-12-38-13-10-35/h4-7,14-15,17H,8-13,18H2,1-3H3,(H,32,33,34). The molecule has 218 valence electrons. The van der Waals surface area contributed by atoms with Gasteiger partial charge in [-0.05, 0) is 35.4 Å². The summed E-state index contributed by atoms with van der Waals surface area (Å²) < 4.78 is 42.8. The zero-order valence-corrected chi connectivity index (χ0v) is 25.3. The van der Waals surface area contributed by atoms with E-state index in [1.54, 1.807) is 12.3 Å². The lowest BCUT2D eigenvalue weighted by Crippen LogP contribution is -2.37. The minimum atomic E-state index is -3.53. The van der Waals surface area contributed by atoms with Gasteiger partial charge in [-0.2, -0.15) is 10.2 Å². The average molecular weight is 621 g/mol. The minimum Gasteiger partial charge on any atom is -0.489 e. The second-order valence-corrected chi connectivity index (χ2v) is 12.5. The molecule has 0 aliphatic carbocycles. The summed E-state index contributed by atoms with van der Waals surface area (Å²) in [6.07, 6.45) is 2.62. The molecule has 2 aromatic carbocycles. The smallest absolute Gasteiger partial charge is 0.238 e. The van der Waals surface area contributed by atoms with Gasteiger partial charge in [-0.1, -0.05) is 37.6 Å². The predicted molar refractivity (Wildman–Crippen MR) is 159 cm³/mol. The molecule has 0 unspecified atom stereocenters. The quantitative estimate of drug-likeness (QED) is 0.303. The molecule has 1 fully saturated rings. The molecular weight excluding hydrogens is 589 g/mol. The maximum absolute atomic E-state index is 11.7. The number of ether oxygens (including phenoxy) is 3. The van der Waals surface area contributed by atoms with Crippen molar-refractivity contribution < 1.29 is 22.6 Å². The van der Waals surface area contributed by atoms with Crippen LogP contribution in [0.1, 0.15) is 36.1 Å². The number of sulfonamides is 1. The molecule has 2 heterocycles. The van der Waals surface area contributed by atoms with E-state index in [4.69, 9.17) is 37.4 Å². The second-order valence-electron chi connectivity index (χ2n) is 9.94. The predicted octanol–water partition coefficient (Wildman–Crippen LogP) is 4.73. The van der Waals surface area contributed by atoms with Gasteiger partial charge in [0.1, 0.15) is 30.9 Å². The lowest BCUT2D eigenvalue weighted by molar-refractivity contribution is 0.122. The lowest BCUT2D eigenvalue weighted by atomic mass is 9.77. The van der Waals surface area contributed by atoms with E-state index in [0.29, 0.717) is 59.8 Å². The van der Waals surface area contributed by atoms with Gasteiger partial charge in [0.25, 0.3) is 0 Å². The maximum atomic E-state index is 11.7. The molecule has 0 radical (unpaired) electrons. The Kier molecular flexibility index (Phi) is 9.81. The van der Waals surface area contributed by atoms with Crippen LogP contribution in [-0.4, -0.2) is 63.4 Å². The molecule has 1 aliphatic rings. The Labute approximate surface area is 250 Å². The normalized spacial score (nSPS) is 13.9. The molecule has 0 atom stereocenters. The summed E-state index contributed by atoms with van der Waals surface area (Å²) in [5.74, 6) is 1.85. The summed E-state index contributed by atoms with van der Waals surface area (Å²) in [7, 11) is -3.53. The van der Waals surface area contributed by atoms with Crippen molar-refractivity contribution in [2.45, 2.75) is 25.9 Å². The van der Waals surface area contributed by atoms with Crippen molar-refractivity contribution in [1.29, 1.82) is 5.26 Å². The van der Waals surface area contributed by atoms with E-state index >= 15 is 0 Å². The Balaban J connectivity index is 1.52. The number of nitriles is 1. The SMILES string of the molecule is CC(C)(c1ccc(OCc2cnc(NS(C)(=O)=O)nc2N2CCOCC2)cc1)c1cc(Cl)c(OCCCl)c(C#N)c1. The first-order valence-electron chi connectivity index (χ1n) is 12.8. The zero-order chi connectivity index (χ0) is 29.6. The summed E-state index contributed by atoms with van der Waals surface area (Å²) in [6, 6.07) is 13.4. The third-order valence-electron chi connectivity index (χ3n) is 6.61. The Morgan fingerprint density at radius 2 is 1.85 bits per heavy atom. The third kappa shape index (κ3) is 7.71. The van der Waals surface area contributed by atoms with Crippen molar-refractivity contribution >= 4 is 45.0 Å². The van der Waals surface area contributed by atoms with Gasteiger partial charge in [-0.25, -0.2) is 13.4 Å². The number of rotatable bonds is 11. The fourth-order valence-corrected chi connectivity index (χ4v) is 5.16. The molecule has 41 heavy (non-hydrogen) atoms. The molecule has 3 aromatic rings. The molecule has 4 rings (SSSR count). The number of aromatic nitrogens is 2. The molecular formula is C28H31Cl2N5O5S. The minimum absolute atomic E-state index is 0.00243. The van der Waals surface area contributed by atoms with Crippen LogP contribution < -0.4 is 19.1 Å². The monoisotopic (exact) mass is 619 g/mol. The first kappa shape index (κ1) is 30.7. The molecule has 13 heteroatoms. The number of nitrogens with one attached hydrogen (secondary N) is 1. The summed E-state index contributed by atoms with van der Waals surface area (Å²) in [4.78, 5) is 10.6. The van der Waals surface area contributed by atoms with Crippen molar-refractivity contribution in [2.75, 3.05) is 54.7 Å². The van der Waals surface area contributed by atoms with E-state index in [0.717, 1.165) is 17.4 Å². The number of morpholine rings is 1. The van der Waals surface area contributed by atoms with Gasteiger partial charge >= 0.3 is 0 Å². The third-order valence-corrected chi connectivity index (χ3v) is 7.60. The topological polar surface area (TPSA) is 127 Å². The number of hydrogen-bond acceptors (Lipinski definition) is 9. The number of anilines is 2. The molecule has 0 spiro atoms. The van der Waals surface area contributed by atoms with Crippen LogP contribution in [0, 0.1) is 11.3 Å². The van der Waals surface area contributed by atoms with Crippen LogP contribution in [0.2, 0.25) is 5.02 Å². The van der Waals surface area contributed by atoms with E-state index in [9.17, 15) is 13.7 Å². The Bertz CT molecular complexity index is 1520. The van der Waals surface area contributed by atoms with E-state index < -0.39 is 15.4 Å². The summed E-state index contributed by atoms with van der Waals surface area (Å²) in [5, 5.41) is 10.0. The Morgan fingerprint density at radius 1 is 1.15 bits per heavy atom. The van der Waals surface area contributed by atoms with Crippen LogP contribution in [0.25, 0.3) is 0 Å². The van der Waals surface area contributed by atoms with E-state index in [1.807, 2.05) is 49.1 Å². The molecule has 1 saturated heterocycles. The number of benzene rings is 2. The number of alkyl halides is 1. The number of hydrogen-bond donors (Lipinski definition) is 1. The fourth-order valence-electron chi connectivity index (χ4n) is 4.38. The van der Waals surface area contributed by atoms with Crippen LogP contribution in [0.3, 0.4) is 0 Å². The Hall–Kier alpha value is -3.30. The van der Waals surface area contributed by atoms with Crippen molar-refractivity contribution in [2.24, 2.45) is 0 Å². The highest BCUT2D eigenvalue weighted by Crippen LogP contribution is 2.38. The molecule has 1 aliphatic heterocycles. The molecule has 0 saturated carbocycles. The van der Waals surface area contributed by atoms with Gasteiger partial charge in [0.05, 0.1) is 41.5 Å². The average Bonchev–Trinajstić information content (AvgIpc) is 2.95. The van der Waals surface area contributed by atoms with Crippen LogP contribution in [0.15, 0.2) is 42.6 Å².